The summed E-state index contributed by atoms with van der Waals surface area (Å²) in [6, 6.07) is 12.5. The summed E-state index contributed by atoms with van der Waals surface area (Å²) < 4.78 is 6.97. The van der Waals surface area contributed by atoms with E-state index in [1.165, 1.54) is 35.9 Å². The number of carbonyl (C=O) groups is 1. The number of Topliss-reactive ketones (excluding diaryl/α,β-unsaturated/α-hetero) is 1. The largest absolute Gasteiger partial charge is 0.402 e. The van der Waals surface area contributed by atoms with Gasteiger partial charge in [0.05, 0.1) is 10.6 Å². The highest BCUT2D eigenvalue weighted by Gasteiger charge is 2.14. The lowest BCUT2D eigenvalue weighted by Crippen LogP contribution is -2.14. The summed E-state index contributed by atoms with van der Waals surface area (Å²) in [6.07, 6.45) is 0. The predicted octanol–water partition coefficient (Wildman–Crippen LogP) is 3.98. The highest BCUT2D eigenvalue weighted by atomic mass is 35.5. The topological polar surface area (TPSA) is 129 Å². The minimum absolute atomic E-state index is 0.0330. The molecule has 0 saturated heterocycles. The Morgan fingerprint density at radius 1 is 1.17 bits per heavy atom. The Hall–Kier alpha value is -3.70. The van der Waals surface area contributed by atoms with Gasteiger partial charge in [-0.25, -0.2) is 4.68 Å². The summed E-state index contributed by atoms with van der Waals surface area (Å²) in [4.78, 5) is 26.8. The average Bonchev–Trinajstić information content (AvgIpc) is 3.36. The third-order valence-electron chi connectivity index (χ3n) is 3.86. The quantitative estimate of drug-likeness (QED) is 0.259. The number of hydrogen-bond donors (Lipinski definition) is 0. The van der Waals surface area contributed by atoms with Crippen molar-refractivity contribution in [3.8, 4) is 17.1 Å². The van der Waals surface area contributed by atoms with Gasteiger partial charge in [-0.2, -0.15) is 10.1 Å². The van der Waals surface area contributed by atoms with Crippen LogP contribution >= 0.6 is 22.9 Å². The molecule has 150 valence electrons. The van der Waals surface area contributed by atoms with Gasteiger partial charge in [0.1, 0.15) is 0 Å². The number of hydrogen-bond acceptors (Lipinski definition) is 9. The van der Waals surface area contributed by atoms with Crippen molar-refractivity contribution in [2.24, 2.45) is 4.99 Å². The second-order valence-corrected chi connectivity index (χ2v) is 7.33. The SMILES string of the molecule is CC(=O)c1nn(-c2ccc([N+](=O)[O-])cc2)c(=Nc2nnc(-c3ccc(Cl)cc3)o2)s1. The van der Waals surface area contributed by atoms with Gasteiger partial charge in [-0.05, 0) is 36.4 Å². The molecule has 4 aromatic rings. The second kappa shape index (κ2) is 7.97. The van der Waals surface area contributed by atoms with Gasteiger partial charge < -0.3 is 4.42 Å². The first-order valence-electron chi connectivity index (χ1n) is 8.41. The predicted molar refractivity (Wildman–Crippen MR) is 108 cm³/mol. The zero-order chi connectivity index (χ0) is 21.3. The molecule has 4 rings (SSSR count). The van der Waals surface area contributed by atoms with E-state index >= 15 is 0 Å². The van der Waals surface area contributed by atoms with E-state index in [1.54, 1.807) is 24.3 Å². The molecule has 0 aliphatic carbocycles. The summed E-state index contributed by atoms with van der Waals surface area (Å²) in [7, 11) is 0. The van der Waals surface area contributed by atoms with Gasteiger partial charge in [-0.3, -0.25) is 14.9 Å². The van der Waals surface area contributed by atoms with E-state index in [0.717, 1.165) is 11.3 Å². The minimum Gasteiger partial charge on any atom is -0.402 e. The summed E-state index contributed by atoms with van der Waals surface area (Å²) in [6.45, 7) is 1.38. The van der Waals surface area contributed by atoms with Gasteiger partial charge in [0.2, 0.25) is 10.7 Å². The number of benzene rings is 2. The molecule has 0 spiro atoms. The van der Waals surface area contributed by atoms with Crippen LogP contribution in [0, 0.1) is 10.1 Å². The molecular weight excluding hydrogens is 432 g/mol. The average molecular weight is 443 g/mol. The van der Waals surface area contributed by atoms with Crippen LogP contribution in [0.1, 0.15) is 16.7 Å². The maximum atomic E-state index is 11.8. The Bertz CT molecular complexity index is 1310. The molecule has 0 unspecified atom stereocenters. The van der Waals surface area contributed by atoms with Gasteiger partial charge in [-0.1, -0.05) is 28.0 Å². The smallest absolute Gasteiger partial charge is 0.345 e. The number of rotatable bonds is 5. The van der Waals surface area contributed by atoms with Gasteiger partial charge in [0, 0.05) is 29.6 Å². The first kappa shape index (κ1) is 19.6. The number of nitrogens with zero attached hydrogens (tertiary/aromatic N) is 6. The molecule has 30 heavy (non-hydrogen) atoms. The van der Waals surface area contributed by atoms with E-state index in [1.807, 2.05) is 0 Å². The molecule has 0 atom stereocenters. The summed E-state index contributed by atoms with van der Waals surface area (Å²) in [5, 5.41) is 23.8. The van der Waals surface area contributed by atoms with Crippen molar-refractivity contribution in [1.82, 2.24) is 20.0 Å². The van der Waals surface area contributed by atoms with Gasteiger partial charge >= 0.3 is 6.01 Å². The van der Waals surface area contributed by atoms with Crippen LogP contribution in [0.25, 0.3) is 17.1 Å². The molecule has 0 aliphatic heterocycles. The number of nitro groups is 1. The molecule has 0 radical (unpaired) electrons. The Morgan fingerprint density at radius 3 is 2.50 bits per heavy atom. The molecule has 2 aromatic heterocycles. The van der Waals surface area contributed by atoms with E-state index < -0.39 is 4.92 Å². The summed E-state index contributed by atoms with van der Waals surface area (Å²) >= 11 is 6.92. The highest BCUT2D eigenvalue weighted by molar-refractivity contribution is 7.11. The van der Waals surface area contributed by atoms with Crippen molar-refractivity contribution in [2.75, 3.05) is 0 Å². The van der Waals surface area contributed by atoms with E-state index in [2.05, 4.69) is 20.3 Å². The number of nitro benzene ring substituents is 1. The van der Waals surface area contributed by atoms with Crippen molar-refractivity contribution in [3.63, 3.8) is 0 Å². The van der Waals surface area contributed by atoms with Crippen LogP contribution in [0.5, 0.6) is 0 Å². The molecule has 0 fully saturated rings. The third kappa shape index (κ3) is 4.02. The zero-order valence-electron chi connectivity index (χ0n) is 15.2. The fourth-order valence-corrected chi connectivity index (χ4v) is 3.35. The van der Waals surface area contributed by atoms with Gasteiger partial charge in [-0.15, -0.1) is 5.10 Å². The third-order valence-corrected chi connectivity index (χ3v) is 5.12. The monoisotopic (exact) mass is 442 g/mol. The fourth-order valence-electron chi connectivity index (χ4n) is 2.43. The van der Waals surface area contributed by atoms with Crippen LogP contribution in [-0.4, -0.2) is 30.7 Å². The van der Waals surface area contributed by atoms with E-state index in [9.17, 15) is 14.9 Å². The normalized spacial score (nSPS) is 11.6. The number of carbonyl (C=O) groups excluding carboxylic acids is 1. The molecule has 0 aliphatic rings. The van der Waals surface area contributed by atoms with Crippen molar-refractivity contribution < 1.29 is 14.1 Å². The van der Waals surface area contributed by atoms with Gasteiger partial charge in [0.15, 0.2) is 10.8 Å². The number of halogens is 1. The number of ketones is 1. The molecule has 0 amide bonds. The lowest BCUT2D eigenvalue weighted by molar-refractivity contribution is -0.384. The van der Waals surface area contributed by atoms with Crippen LogP contribution in [-0.2, 0) is 0 Å². The first-order chi connectivity index (χ1) is 14.4. The van der Waals surface area contributed by atoms with Crippen molar-refractivity contribution >= 4 is 40.4 Å². The summed E-state index contributed by atoms with van der Waals surface area (Å²) in [5.41, 5.74) is 1.09. The maximum Gasteiger partial charge on any atom is 0.345 e. The molecule has 0 bridgehead atoms. The van der Waals surface area contributed by atoms with Crippen molar-refractivity contribution in [3.05, 3.63) is 73.5 Å². The Labute approximate surface area is 177 Å². The van der Waals surface area contributed by atoms with Crippen LogP contribution in [0.15, 0.2) is 57.9 Å². The van der Waals surface area contributed by atoms with Crippen LogP contribution in [0.3, 0.4) is 0 Å². The highest BCUT2D eigenvalue weighted by Crippen LogP contribution is 2.23. The molecule has 0 saturated carbocycles. The Kier molecular flexibility index (Phi) is 5.21. The molecular formula is C18H11ClN6O4S. The Balaban J connectivity index is 1.76. The van der Waals surface area contributed by atoms with Crippen LogP contribution in [0.2, 0.25) is 5.02 Å². The molecule has 2 heterocycles. The first-order valence-corrected chi connectivity index (χ1v) is 9.60. The molecule has 12 heteroatoms. The zero-order valence-corrected chi connectivity index (χ0v) is 16.8. The van der Waals surface area contributed by atoms with E-state index in [4.69, 9.17) is 16.0 Å². The fraction of sp³-hybridized carbons (Fsp3) is 0.0556. The minimum atomic E-state index is -0.501. The van der Waals surface area contributed by atoms with Crippen LogP contribution < -0.4 is 4.80 Å². The van der Waals surface area contributed by atoms with Crippen molar-refractivity contribution in [2.45, 2.75) is 6.92 Å². The molecule has 0 N–H and O–H groups in total. The van der Waals surface area contributed by atoms with Crippen molar-refractivity contribution in [1.29, 1.82) is 0 Å². The Morgan fingerprint density at radius 2 is 1.87 bits per heavy atom. The van der Waals surface area contributed by atoms with Crippen LogP contribution in [0.4, 0.5) is 11.7 Å². The number of non-ortho nitro benzene ring substituents is 1. The van der Waals surface area contributed by atoms with E-state index in [0.29, 0.717) is 21.1 Å². The molecule has 10 nitrogen and oxygen atoms in total. The molecule has 2 aromatic carbocycles. The van der Waals surface area contributed by atoms with Gasteiger partial charge in [0.25, 0.3) is 5.69 Å². The summed E-state index contributed by atoms with van der Waals surface area (Å²) in [5.74, 6) is 0.00750. The number of aromatic nitrogens is 4. The second-order valence-electron chi connectivity index (χ2n) is 5.94. The standard InChI is InChI=1S/C18H11ClN6O4S/c1-10(26)16-23-24(13-6-8-14(9-7-13)25(27)28)18(30-16)20-17-22-21-15(29-17)11-2-4-12(19)5-3-11/h2-9H,1H3. The lowest BCUT2D eigenvalue weighted by Gasteiger charge is -2.00. The lowest BCUT2D eigenvalue weighted by atomic mass is 10.2. The van der Waals surface area contributed by atoms with E-state index in [-0.39, 0.29) is 28.4 Å². The maximum absolute atomic E-state index is 11.8.